The summed E-state index contributed by atoms with van der Waals surface area (Å²) in [4.78, 5) is 42.5. The lowest BCUT2D eigenvalue weighted by Gasteiger charge is -2.41. The molecular formula is C25H28N4O5. The van der Waals surface area contributed by atoms with Gasteiger partial charge in [0.2, 0.25) is 11.8 Å². The van der Waals surface area contributed by atoms with Gasteiger partial charge in [-0.05, 0) is 24.1 Å². The molecule has 0 aliphatic carbocycles. The zero-order valence-corrected chi connectivity index (χ0v) is 18.9. The second-order valence-corrected chi connectivity index (χ2v) is 8.65. The molecule has 0 aromatic heterocycles. The highest BCUT2D eigenvalue weighted by Gasteiger charge is 2.36. The number of carbonyl (C=O) groups is 3. The Labute approximate surface area is 198 Å². The molecule has 2 aromatic rings. The Morgan fingerprint density at radius 2 is 1.74 bits per heavy atom. The van der Waals surface area contributed by atoms with Crippen LogP contribution in [0.4, 0.5) is 16.2 Å². The molecule has 1 unspecified atom stereocenters. The van der Waals surface area contributed by atoms with Crippen LogP contribution in [-0.2, 0) is 20.9 Å². The van der Waals surface area contributed by atoms with Crippen molar-refractivity contribution < 1.29 is 23.9 Å². The molecule has 0 bridgehead atoms. The number of hydrogen-bond donors (Lipinski definition) is 1. The van der Waals surface area contributed by atoms with Gasteiger partial charge in [-0.25, -0.2) is 4.79 Å². The van der Waals surface area contributed by atoms with Crippen LogP contribution in [0.1, 0.15) is 18.4 Å². The van der Waals surface area contributed by atoms with Gasteiger partial charge in [0.15, 0.2) is 5.75 Å². The number of carbonyl (C=O) groups excluding carboxylic acids is 3. The number of nitrogens with one attached hydrogen (secondary N) is 1. The topological polar surface area (TPSA) is 91.4 Å². The van der Waals surface area contributed by atoms with E-state index in [2.05, 4.69) is 10.2 Å². The Hall–Kier alpha value is -3.75. The maximum atomic E-state index is 12.5. The van der Waals surface area contributed by atoms with Gasteiger partial charge >= 0.3 is 6.09 Å². The van der Waals surface area contributed by atoms with Crippen LogP contribution in [-0.4, -0.2) is 68.2 Å². The number of benzene rings is 2. The highest BCUT2D eigenvalue weighted by molar-refractivity contribution is 6.02. The normalized spacial score (nSPS) is 20.4. The van der Waals surface area contributed by atoms with Crippen molar-refractivity contribution in [3.63, 3.8) is 0 Å². The number of piperazine rings is 1. The van der Waals surface area contributed by atoms with Crippen LogP contribution in [0.25, 0.3) is 0 Å². The van der Waals surface area contributed by atoms with Gasteiger partial charge in [0.25, 0.3) is 0 Å². The molecule has 0 saturated carbocycles. The summed E-state index contributed by atoms with van der Waals surface area (Å²) >= 11 is 0. The van der Waals surface area contributed by atoms with E-state index in [1.165, 1.54) is 0 Å². The number of anilines is 2. The number of fused-ring (bicyclic) bond motifs is 1. The predicted molar refractivity (Wildman–Crippen MR) is 126 cm³/mol. The van der Waals surface area contributed by atoms with Crippen LogP contribution >= 0.6 is 0 Å². The Bertz CT molecular complexity index is 1070. The van der Waals surface area contributed by atoms with Crippen LogP contribution in [0, 0.1) is 0 Å². The standard InChI is InChI=1S/C25H28N4O5/c30-22-10-9-21(24(31)26-22)29-15-16-33-23-19(7-4-8-20(23)29)27-11-13-28(14-12-27)25(32)34-17-18-5-2-1-3-6-18/h1-8,21H,9-17H2,(H,26,30,31). The lowest BCUT2D eigenvalue weighted by Crippen LogP contribution is -2.54. The number of rotatable bonds is 4. The number of ether oxygens (including phenoxy) is 2. The number of para-hydroxylation sites is 1. The van der Waals surface area contributed by atoms with E-state index >= 15 is 0 Å². The third-order valence-corrected chi connectivity index (χ3v) is 6.53. The van der Waals surface area contributed by atoms with E-state index in [-0.39, 0.29) is 30.6 Å². The van der Waals surface area contributed by atoms with Crippen molar-refractivity contribution >= 4 is 29.3 Å². The van der Waals surface area contributed by atoms with E-state index in [1.807, 2.05) is 53.4 Å². The van der Waals surface area contributed by atoms with Crippen LogP contribution in [0.3, 0.4) is 0 Å². The largest absolute Gasteiger partial charge is 0.487 e. The van der Waals surface area contributed by atoms with E-state index in [1.54, 1.807) is 4.90 Å². The summed E-state index contributed by atoms with van der Waals surface area (Å²) in [6.45, 7) is 3.72. The van der Waals surface area contributed by atoms with Gasteiger partial charge in [0.05, 0.1) is 17.9 Å². The summed E-state index contributed by atoms with van der Waals surface area (Å²) < 4.78 is 11.5. The third-order valence-electron chi connectivity index (χ3n) is 6.53. The van der Waals surface area contributed by atoms with E-state index in [0.29, 0.717) is 52.2 Å². The number of imide groups is 1. The van der Waals surface area contributed by atoms with Crippen molar-refractivity contribution in [3.05, 3.63) is 54.1 Å². The minimum absolute atomic E-state index is 0.219. The molecule has 2 fully saturated rings. The van der Waals surface area contributed by atoms with Gasteiger partial charge in [-0.1, -0.05) is 36.4 Å². The van der Waals surface area contributed by atoms with Crippen molar-refractivity contribution in [2.24, 2.45) is 0 Å². The zero-order valence-electron chi connectivity index (χ0n) is 18.9. The van der Waals surface area contributed by atoms with Crippen LogP contribution < -0.4 is 19.9 Å². The van der Waals surface area contributed by atoms with Gasteiger partial charge < -0.3 is 24.2 Å². The first-order valence-corrected chi connectivity index (χ1v) is 11.7. The summed E-state index contributed by atoms with van der Waals surface area (Å²) in [5, 5.41) is 2.45. The van der Waals surface area contributed by atoms with Crippen molar-refractivity contribution in [2.75, 3.05) is 49.1 Å². The molecular weight excluding hydrogens is 436 g/mol. The molecule has 3 aliphatic rings. The molecule has 3 heterocycles. The summed E-state index contributed by atoms with van der Waals surface area (Å²) in [5.74, 6) is 0.277. The van der Waals surface area contributed by atoms with Crippen molar-refractivity contribution in [1.29, 1.82) is 0 Å². The predicted octanol–water partition coefficient (Wildman–Crippen LogP) is 2.15. The first-order valence-electron chi connectivity index (χ1n) is 11.7. The Balaban J connectivity index is 1.24. The maximum Gasteiger partial charge on any atom is 0.410 e. The molecule has 0 radical (unpaired) electrons. The fourth-order valence-electron chi connectivity index (χ4n) is 4.75. The molecule has 9 nitrogen and oxygen atoms in total. The van der Waals surface area contributed by atoms with Crippen LogP contribution in [0.5, 0.6) is 5.75 Å². The molecule has 34 heavy (non-hydrogen) atoms. The summed E-state index contributed by atoms with van der Waals surface area (Å²) in [5.41, 5.74) is 2.78. The molecule has 3 aliphatic heterocycles. The Kier molecular flexibility index (Phi) is 6.24. The Morgan fingerprint density at radius 3 is 2.50 bits per heavy atom. The van der Waals surface area contributed by atoms with Gasteiger partial charge in [0, 0.05) is 32.6 Å². The molecule has 1 N–H and O–H groups in total. The van der Waals surface area contributed by atoms with Crippen molar-refractivity contribution in [1.82, 2.24) is 10.2 Å². The second kappa shape index (κ2) is 9.62. The SMILES string of the molecule is O=C1CCC(N2CCOc3c(N4CCN(C(=O)OCc5ccccc5)CC4)cccc32)C(=O)N1. The van der Waals surface area contributed by atoms with E-state index < -0.39 is 0 Å². The monoisotopic (exact) mass is 464 g/mol. The van der Waals surface area contributed by atoms with Crippen molar-refractivity contribution in [2.45, 2.75) is 25.5 Å². The number of nitrogens with zero attached hydrogens (tertiary/aromatic N) is 3. The van der Waals surface area contributed by atoms with Gasteiger partial charge in [0.1, 0.15) is 19.3 Å². The molecule has 0 spiro atoms. The lowest BCUT2D eigenvalue weighted by atomic mass is 10.0. The molecule has 2 saturated heterocycles. The quantitative estimate of drug-likeness (QED) is 0.694. The minimum atomic E-state index is -0.383. The van der Waals surface area contributed by atoms with Crippen LogP contribution in [0.2, 0.25) is 0 Å². The smallest absolute Gasteiger partial charge is 0.410 e. The summed E-state index contributed by atoms with van der Waals surface area (Å²) in [6.07, 6.45) is 0.530. The molecule has 1 atom stereocenters. The third kappa shape index (κ3) is 4.50. The lowest BCUT2D eigenvalue weighted by molar-refractivity contribution is -0.134. The van der Waals surface area contributed by atoms with E-state index in [4.69, 9.17) is 9.47 Å². The minimum Gasteiger partial charge on any atom is -0.487 e. The number of hydrogen-bond acceptors (Lipinski definition) is 7. The fraction of sp³-hybridized carbons (Fsp3) is 0.400. The second-order valence-electron chi connectivity index (χ2n) is 8.65. The molecule has 2 aromatic carbocycles. The van der Waals surface area contributed by atoms with E-state index in [0.717, 1.165) is 22.7 Å². The average Bonchev–Trinajstić information content (AvgIpc) is 2.87. The number of amides is 3. The zero-order chi connectivity index (χ0) is 23.5. The molecule has 5 rings (SSSR count). The molecule has 3 amide bonds. The molecule has 178 valence electrons. The number of piperidine rings is 1. The average molecular weight is 465 g/mol. The first-order chi connectivity index (χ1) is 16.6. The fourth-order valence-corrected chi connectivity index (χ4v) is 4.75. The highest BCUT2D eigenvalue weighted by Crippen LogP contribution is 2.42. The van der Waals surface area contributed by atoms with Gasteiger partial charge in [-0.3, -0.25) is 14.9 Å². The summed E-state index contributed by atoms with van der Waals surface area (Å²) in [6, 6.07) is 15.2. The maximum absolute atomic E-state index is 12.5. The van der Waals surface area contributed by atoms with E-state index in [9.17, 15) is 14.4 Å². The Morgan fingerprint density at radius 1 is 0.971 bits per heavy atom. The molecule has 9 heteroatoms. The van der Waals surface area contributed by atoms with Crippen LogP contribution in [0.15, 0.2) is 48.5 Å². The highest BCUT2D eigenvalue weighted by atomic mass is 16.6. The first kappa shape index (κ1) is 22.1. The van der Waals surface area contributed by atoms with Gasteiger partial charge in [-0.15, -0.1) is 0 Å². The summed E-state index contributed by atoms with van der Waals surface area (Å²) in [7, 11) is 0. The van der Waals surface area contributed by atoms with Gasteiger partial charge in [-0.2, -0.15) is 0 Å². The van der Waals surface area contributed by atoms with Crippen molar-refractivity contribution in [3.8, 4) is 5.75 Å².